The van der Waals surface area contributed by atoms with Crippen LogP contribution in [0.2, 0.25) is 0 Å². The Labute approximate surface area is 172 Å². The summed E-state index contributed by atoms with van der Waals surface area (Å²) in [6.45, 7) is 1.89. The van der Waals surface area contributed by atoms with Crippen molar-refractivity contribution in [2.45, 2.75) is 6.92 Å². The van der Waals surface area contributed by atoms with Gasteiger partial charge in [0.15, 0.2) is 5.76 Å². The molecule has 0 spiro atoms. The molecule has 0 unspecified atom stereocenters. The van der Waals surface area contributed by atoms with Crippen LogP contribution in [0.1, 0.15) is 16.9 Å². The average Bonchev–Trinajstić information content (AvgIpc) is 3.15. The highest BCUT2D eigenvalue weighted by Crippen LogP contribution is 2.40. The molecule has 0 aliphatic carbocycles. The Bertz CT molecular complexity index is 1460. The van der Waals surface area contributed by atoms with E-state index < -0.39 is 5.63 Å². The number of hydrogen-bond acceptors (Lipinski definition) is 5. The second kappa shape index (κ2) is 7.04. The van der Waals surface area contributed by atoms with Crippen molar-refractivity contribution >= 4 is 27.7 Å². The zero-order valence-electron chi connectivity index (χ0n) is 16.3. The van der Waals surface area contributed by atoms with E-state index in [0.29, 0.717) is 22.6 Å². The van der Waals surface area contributed by atoms with Crippen LogP contribution in [-0.2, 0) is 0 Å². The number of benzene rings is 3. The van der Waals surface area contributed by atoms with Gasteiger partial charge in [-0.05, 0) is 30.2 Å². The van der Waals surface area contributed by atoms with Gasteiger partial charge >= 0.3 is 5.63 Å². The Morgan fingerprint density at radius 1 is 0.900 bits per heavy atom. The van der Waals surface area contributed by atoms with E-state index in [9.17, 15) is 4.79 Å². The number of hydrogen-bond donors (Lipinski definition) is 1. The largest absolute Gasteiger partial charge is 0.454 e. The Kier molecular flexibility index (Phi) is 4.21. The van der Waals surface area contributed by atoms with E-state index in [1.807, 2.05) is 79.7 Å². The molecule has 0 radical (unpaired) electrons. The predicted molar refractivity (Wildman–Crippen MR) is 119 cm³/mol. The van der Waals surface area contributed by atoms with Gasteiger partial charge in [-0.1, -0.05) is 60.7 Å². The van der Waals surface area contributed by atoms with Gasteiger partial charge in [-0.25, -0.2) is 4.79 Å². The molecule has 146 valence electrons. The van der Waals surface area contributed by atoms with Crippen molar-refractivity contribution in [3.63, 3.8) is 0 Å². The topological polar surface area (TPSA) is 81.7 Å². The standard InChI is InChI=1S/C25H18N2O3/c1-15-14-20(28)30-24-18(15)12-13-19-22(24)21(16-8-4-2-5-9-16)25(29-19)23(27-26)17-10-6-3-7-11-17/h2-14H,26H2,1H3/b27-23+. The van der Waals surface area contributed by atoms with Crippen LogP contribution in [-0.4, -0.2) is 5.71 Å². The van der Waals surface area contributed by atoms with Crippen molar-refractivity contribution in [3.8, 4) is 11.1 Å². The summed E-state index contributed by atoms with van der Waals surface area (Å²) in [5.41, 5.74) is 4.61. The molecule has 2 aromatic heterocycles. The first-order chi connectivity index (χ1) is 14.7. The van der Waals surface area contributed by atoms with Crippen molar-refractivity contribution in [1.82, 2.24) is 0 Å². The van der Waals surface area contributed by atoms with Gasteiger partial charge in [-0.3, -0.25) is 0 Å². The minimum Gasteiger partial charge on any atom is -0.454 e. The molecule has 2 N–H and O–H groups in total. The second-order valence-electron chi connectivity index (χ2n) is 7.08. The number of nitrogens with two attached hydrogens (primary N) is 1. The van der Waals surface area contributed by atoms with E-state index in [0.717, 1.165) is 33.0 Å². The highest BCUT2D eigenvalue weighted by molar-refractivity contribution is 6.21. The van der Waals surface area contributed by atoms with Crippen molar-refractivity contribution in [2.24, 2.45) is 10.9 Å². The first-order valence-corrected chi connectivity index (χ1v) is 9.56. The van der Waals surface area contributed by atoms with Crippen molar-refractivity contribution in [3.05, 3.63) is 106 Å². The first-order valence-electron chi connectivity index (χ1n) is 9.56. The Balaban J connectivity index is 1.95. The molecule has 2 heterocycles. The van der Waals surface area contributed by atoms with Gasteiger partial charge in [-0.2, -0.15) is 5.10 Å². The number of furan rings is 1. The number of hydrazone groups is 1. The fourth-order valence-corrected chi connectivity index (χ4v) is 3.87. The van der Waals surface area contributed by atoms with Crippen LogP contribution in [0.15, 0.2) is 97.6 Å². The molecule has 0 aliphatic heterocycles. The third-order valence-electron chi connectivity index (χ3n) is 5.22. The van der Waals surface area contributed by atoms with Gasteiger partial charge in [0.1, 0.15) is 16.9 Å². The maximum atomic E-state index is 12.2. The lowest BCUT2D eigenvalue weighted by atomic mass is 9.96. The Hall–Kier alpha value is -4.12. The molecule has 3 aromatic carbocycles. The van der Waals surface area contributed by atoms with E-state index in [4.69, 9.17) is 14.7 Å². The lowest BCUT2D eigenvalue weighted by Gasteiger charge is -2.07. The summed E-state index contributed by atoms with van der Waals surface area (Å²) in [7, 11) is 0. The number of nitrogens with zero attached hydrogens (tertiary/aromatic N) is 1. The maximum Gasteiger partial charge on any atom is 0.336 e. The van der Waals surface area contributed by atoms with Crippen LogP contribution < -0.4 is 11.5 Å². The zero-order chi connectivity index (χ0) is 20.7. The van der Waals surface area contributed by atoms with Gasteiger partial charge < -0.3 is 14.7 Å². The summed E-state index contributed by atoms with van der Waals surface area (Å²) in [4.78, 5) is 12.2. The Morgan fingerprint density at radius 2 is 1.60 bits per heavy atom. The van der Waals surface area contributed by atoms with Gasteiger partial charge in [0, 0.05) is 22.6 Å². The molecular formula is C25H18N2O3. The van der Waals surface area contributed by atoms with Crippen molar-refractivity contribution in [2.75, 3.05) is 0 Å². The number of fused-ring (bicyclic) bond motifs is 3. The third kappa shape index (κ3) is 2.79. The highest BCUT2D eigenvalue weighted by Gasteiger charge is 2.24. The fourth-order valence-electron chi connectivity index (χ4n) is 3.87. The van der Waals surface area contributed by atoms with Crippen LogP contribution in [0.25, 0.3) is 33.1 Å². The molecule has 30 heavy (non-hydrogen) atoms. The summed E-state index contributed by atoms with van der Waals surface area (Å²) in [5, 5.41) is 5.64. The Morgan fingerprint density at radius 3 is 2.30 bits per heavy atom. The summed E-state index contributed by atoms with van der Waals surface area (Å²) >= 11 is 0. The SMILES string of the molecule is Cc1cc(=O)oc2c1ccc1oc(/C(=N/N)c3ccccc3)c(-c3ccccc3)c12. The molecule has 0 saturated heterocycles. The molecule has 5 nitrogen and oxygen atoms in total. The molecule has 0 amide bonds. The quantitative estimate of drug-likeness (QED) is 0.197. The molecule has 0 saturated carbocycles. The van der Waals surface area contributed by atoms with Crippen LogP contribution in [0.3, 0.4) is 0 Å². The maximum absolute atomic E-state index is 12.2. The van der Waals surface area contributed by atoms with Crippen molar-refractivity contribution in [1.29, 1.82) is 0 Å². The zero-order valence-corrected chi connectivity index (χ0v) is 16.3. The van der Waals surface area contributed by atoms with E-state index in [1.165, 1.54) is 6.07 Å². The molecule has 0 bridgehead atoms. The molecule has 5 heteroatoms. The van der Waals surface area contributed by atoms with Crippen LogP contribution in [0.5, 0.6) is 0 Å². The lowest BCUT2D eigenvalue weighted by Crippen LogP contribution is -2.06. The average molecular weight is 394 g/mol. The van der Waals surface area contributed by atoms with Crippen molar-refractivity contribution < 1.29 is 8.83 Å². The molecule has 5 rings (SSSR count). The minimum atomic E-state index is -0.398. The summed E-state index contributed by atoms with van der Waals surface area (Å²) in [5.74, 6) is 6.35. The molecule has 0 fully saturated rings. The number of rotatable bonds is 3. The van der Waals surface area contributed by atoms with E-state index in [2.05, 4.69) is 5.10 Å². The normalized spacial score (nSPS) is 12.0. The second-order valence-corrected chi connectivity index (χ2v) is 7.08. The molecule has 5 aromatic rings. The summed E-state index contributed by atoms with van der Waals surface area (Å²) < 4.78 is 11.9. The van der Waals surface area contributed by atoms with Crippen LogP contribution in [0, 0.1) is 6.92 Å². The van der Waals surface area contributed by atoms with E-state index >= 15 is 0 Å². The lowest BCUT2D eigenvalue weighted by molar-refractivity contribution is 0.562. The summed E-state index contributed by atoms with van der Waals surface area (Å²) in [6, 6.07) is 24.7. The molecule has 0 aliphatic rings. The van der Waals surface area contributed by atoms with Gasteiger partial charge in [0.2, 0.25) is 0 Å². The smallest absolute Gasteiger partial charge is 0.336 e. The minimum absolute atomic E-state index is 0.398. The van der Waals surface area contributed by atoms with Crippen LogP contribution in [0.4, 0.5) is 0 Å². The monoisotopic (exact) mass is 394 g/mol. The number of aryl methyl sites for hydroxylation is 1. The predicted octanol–water partition coefficient (Wildman–Crippen LogP) is 5.23. The molecule has 0 atom stereocenters. The summed E-state index contributed by atoms with van der Waals surface area (Å²) in [6.07, 6.45) is 0. The van der Waals surface area contributed by atoms with Crippen LogP contribution >= 0.6 is 0 Å². The third-order valence-corrected chi connectivity index (χ3v) is 5.22. The van der Waals surface area contributed by atoms with E-state index in [1.54, 1.807) is 0 Å². The first kappa shape index (κ1) is 17.9. The van der Waals surface area contributed by atoms with E-state index in [-0.39, 0.29) is 0 Å². The van der Waals surface area contributed by atoms with Gasteiger partial charge in [-0.15, -0.1) is 0 Å². The van der Waals surface area contributed by atoms with Gasteiger partial charge in [0.05, 0.1) is 5.39 Å². The van der Waals surface area contributed by atoms with Gasteiger partial charge in [0.25, 0.3) is 0 Å². The fraction of sp³-hybridized carbons (Fsp3) is 0.0400. The molecular weight excluding hydrogens is 376 g/mol. The highest BCUT2D eigenvalue weighted by atomic mass is 16.4.